The monoisotopic (exact) mass is 581 g/mol. The van der Waals surface area contributed by atoms with Gasteiger partial charge in [0, 0.05) is 53.2 Å². The predicted molar refractivity (Wildman–Crippen MR) is 182 cm³/mol. The van der Waals surface area contributed by atoms with E-state index in [-0.39, 0.29) is 0 Å². The van der Waals surface area contributed by atoms with E-state index < -0.39 is 0 Å². The highest BCUT2D eigenvalue weighted by atomic mass is 32.1. The number of furan rings is 1. The zero-order valence-corrected chi connectivity index (χ0v) is 24.3. The number of para-hydroxylation sites is 2. The van der Waals surface area contributed by atoms with E-state index in [0.717, 1.165) is 49.8 Å². The maximum atomic E-state index is 6.31. The second-order valence-corrected chi connectivity index (χ2v) is 11.9. The Hall–Kier alpha value is -5.65. The van der Waals surface area contributed by atoms with Crippen LogP contribution in [0.3, 0.4) is 0 Å². The summed E-state index contributed by atoms with van der Waals surface area (Å²) in [5, 5.41) is 4.71. The topological polar surface area (TPSA) is 51.8 Å². The average Bonchev–Trinajstić information content (AvgIpc) is 3.67. The summed E-state index contributed by atoms with van der Waals surface area (Å²) in [6, 6.07) is 47.9. The second-order valence-electron chi connectivity index (χ2n) is 10.8. The molecule has 0 radical (unpaired) electrons. The number of hydrogen-bond donors (Lipinski definition) is 0. The highest BCUT2D eigenvalue weighted by molar-refractivity contribution is 7.26. The van der Waals surface area contributed by atoms with Crippen molar-refractivity contribution in [3.05, 3.63) is 140 Å². The first-order valence-electron chi connectivity index (χ1n) is 14.5. The first-order chi connectivity index (χ1) is 21.8. The fourth-order valence-electron chi connectivity index (χ4n) is 6.04. The molecular formula is C39H23N3OS. The van der Waals surface area contributed by atoms with Crippen LogP contribution in [-0.4, -0.2) is 15.0 Å². The van der Waals surface area contributed by atoms with Gasteiger partial charge in [0.1, 0.15) is 11.2 Å². The lowest BCUT2D eigenvalue weighted by atomic mass is 10.0. The number of hydrogen-bond acceptors (Lipinski definition) is 5. The molecule has 5 heteroatoms. The van der Waals surface area contributed by atoms with Crippen molar-refractivity contribution < 1.29 is 4.42 Å². The van der Waals surface area contributed by atoms with Crippen LogP contribution in [0.5, 0.6) is 0 Å². The van der Waals surface area contributed by atoms with E-state index in [1.807, 2.05) is 48.5 Å². The molecule has 0 unspecified atom stereocenters. The molecule has 0 fully saturated rings. The van der Waals surface area contributed by atoms with Gasteiger partial charge in [-0.3, -0.25) is 0 Å². The number of rotatable bonds is 4. The molecule has 0 aliphatic heterocycles. The Morgan fingerprint density at radius 1 is 0.409 bits per heavy atom. The Morgan fingerprint density at radius 3 is 1.82 bits per heavy atom. The molecule has 0 atom stereocenters. The van der Waals surface area contributed by atoms with Gasteiger partial charge in [-0.2, -0.15) is 0 Å². The first kappa shape index (κ1) is 24.9. The lowest BCUT2D eigenvalue weighted by molar-refractivity contribution is 0.670. The quantitative estimate of drug-likeness (QED) is 0.207. The van der Waals surface area contributed by atoms with Gasteiger partial charge in [0.25, 0.3) is 0 Å². The summed E-state index contributed by atoms with van der Waals surface area (Å²) < 4.78 is 8.74. The maximum absolute atomic E-state index is 6.31. The van der Waals surface area contributed by atoms with Crippen LogP contribution < -0.4 is 0 Å². The normalized spacial score (nSPS) is 11.6. The highest BCUT2D eigenvalue weighted by Gasteiger charge is 2.17. The number of benzene rings is 6. The van der Waals surface area contributed by atoms with Crippen molar-refractivity contribution in [1.82, 2.24) is 15.0 Å². The van der Waals surface area contributed by atoms with Gasteiger partial charge in [-0.1, -0.05) is 121 Å². The number of fused-ring (bicyclic) bond motifs is 6. The zero-order chi connectivity index (χ0) is 29.0. The van der Waals surface area contributed by atoms with Gasteiger partial charge in [0.15, 0.2) is 17.5 Å². The molecular weight excluding hydrogens is 559 g/mol. The van der Waals surface area contributed by atoms with Gasteiger partial charge in [-0.05, 0) is 23.8 Å². The Bertz CT molecular complexity index is 2490. The van der Waals surface area contributed by atoms with Crippen LogP contribution >= 0.6 is 11.3 Å². The molecule has 6 aromatic carbocycles. The highest BCUT2D eigenvalue weighted by Crippen LogP contribution is 2.40. The molecule has 3 heterocycles. The van der Waals surface area contributed by atoms with Crippen molar-refractivity contribution in [3.63, 3.8) is 0 Å². The standard InChI is InChI=1S/C39H23N3OS/c1-2-10-25(11-3-1)37-40-38(42-39(41-37)32-17-9-16-31-29-13-5-7-19-34(29)44-36(31)32)26-22-20-24(21-23-26)27-14-8-15-30-28-12-4-6-18-33(28)43-35(27)30/h1-23H. The summed E-state index contributed by atoms with van der Waals surface area (Å²) in [5.74, 6) is 1.96. The van der Waals surface area contributed by atoms with Crippen molar-refractivity contribution in [2.75, 3.05) is 0 Å². The van der Waals surface area contributed by atoms with E-state index in [4.69, 9.17) is 19.4 Å². The summed E-state index contributed by atoms with van der Waals surface area (Å²) in [7, 11) is 0. The third-order valence-electron chi connectivity index (χ3n) is 8.17. The third kappa shape index (κ3) is 4.02. The van der Waals surface area contributed by atoms with Gasteiger partial charge in [0.05, 0.1) is 0 Å². The lowest BCUT2D eigenvalue weighted by Gasteiger charge is -2.10. The molecule has 0 aliphatic carbocycles. The van der Waals surface area contributed by atoms with Crippen LogP contribution in [0.25, 0.3) is 87.4 Å². The molecule has 9 aromatic rings. The van der Waals surface area contributed by atoms with Crippen LogP contribution in [0.4, 0.5) is 0 Å². The van der Waals surface area contributed by atoms with E-state index >= 15 is 0 Å². The van der Waals surface area contributed by atoms with Crippen molar-refractivity contribution in [2.45, 2.75) is 0 Å². The molecule has 0 spiro atoms. The van der Waals surface area contributed by atoms with E-state index in [2.05, 4.69) is 91.0 Å². The lowest BCUT2D eigenvalue weighted by Crippen LogP contribution is -2.00. The van der Waals surface area contributed by atoms with Crippen LogP contribution in [0.15, 0.2) is 144 Å². The Morgan fingerprint density at radius 2 is 1.00 bits per heavy atom. The molecule has 44 heavy (non-hydrogen) atoms. The van der Waals surface area contributed by atoms with Crippen molar-refractivity contribution in [1.29, 1.82) is 0 Å². The van der Waals surface area contributed by atoms with Gasteiger partial charge < -0.3 is 4.42 Å². The number of thiophene rings is 1. The van der Waals surface area contributed by atoms with Crippen LogP contribution in [0, 0.1) is 0 Å². The summed E-state index contributed by atoms with van der Waals surface area (Å²) in [5.41, 5.74) is 6.81. The summed E-state index contributed by atoms with van der Waals surface area (Å²) in [6.45, 7) is 0. The van der Waals surface area contributed by atoms with Crippen molar-refractivity contribution in [2.24, 2.45) is 0 Å². The van der Waals surface area contributed by atoms with Crippen molar-refractivity contribution in [3.8, 4) is 45.3 Å². The minimum atomic E-state index is 0.639. The molecule has 0 amide bonds. The van der Waals surface area contributed by atoms with Crippen LogP contribution in [0.1, 0.15) is 0 Å². The summed E-state index contributed by atoms with van der Waals surface area (Å²) >= 11 is 1.78. The van der Waals surface area contributed by atoms with Gasteiger partial charge >= 0.3 is 0 Å². The first-order valence-corrected chi connectivity index (χ1v) is 15.3. The average molecular weight is 582 g/mol. The van der Waals surface area contributed by atoms with Crippen LogP contribution in [-0.2, 0) is 0 Å². The van der Waals surface area contributed by atoms with E-state index in [9.17, 15) is 0 Å². The molecule has 0 saturated heterocycles. The van der Waals surface area contributed by atoms with Gasteiger partial charge in [-0.15, -0.1) is 11.3 Å². The fourth-order valence-corrected chi connectivity index (χ4v) is 7.25. The van der Waals surface area contributed by atoms with E-state index in [0.29, 0.717) is 17.5 Å². The smallest absolute Gasteiger partial charge is 0.165 e. The molecule has 0 N–H and O–H groups in total. The Kier molecular flexibility index (Phi) is 5.64. The van der Waals surface area contributed by atoms with Gasteiger partial charge in [0.2, 0.25) is 0 Å². The molecule has 206 valence electrons. The molecule has 0 bridgehead atoms. The number of nitrogens with zero attached hydrogens (tertiary/aromatic N) is 3. The third-order valence-corrected chi connectivity index (χ3v) is 9.39. The molecule has 4 nitrogen and oxygen atoms in total. The Balaban J connectivity index is 1.19. The fraction of sp³-hybridized carbons (Fsp3) is 0. The van der Waals surface area contributed by atoms with E-state index in [1.54, 1.807) is 11.3 Å². The summed E-state index contributed by atoms with van der Waals surface area (Å²) in [6.07, 6.45) is 0. The Labute approximate surface area is 256 Å². The van der Waals surface area contributed by atoms with Crippen molar-refractivity contribution >= 4 is 53.4 Å². The molecule has 0 saturated carbocycles. The molecule has 0 aliphatic rings. The summed E-state index contributed by atoms with van der Waals surface area (Å²) in [4.78, 5) is 15.0. The largest absolute Gasteiger partial charge is 0.455 e. The van der Waals surface area contributed by atoms with Crippen LogP contribution in [0.2, 0.25) is 0 Å². The number of aromatic nitrogens is 3. The maximum Gasteiger partial charge on any atom is 0.165 e. The minimum absolute atomic E-state index is 0.639. The molecule has 3 aromatic heterocycles. The zero-order valence-electron chi connectivity index (χ0n) is 23.4. The predicted octanol–water partition coefficient (Wildman–Crippen LogP) is 10.8. The molecule has 9 rings (SSSR count). The van der Waals surface area contributed by atoms with E-state index in [1.165, 1.54) is 20.2 Å². The second kappa shape index (κ2) is 9.97. The minimum Gasteiger partial charge on any atom is -0.455 e. The van der Waals surface area contributed by atoms with Gasteiger partial charge in [-0.25, -0.2) is 15.0 Å². The SMILES string of the molecule is c1ccc(-c2nc(-c3ccc(-c4cccc5c4oc4ccccc45)cc3)nc(-c3cccc4c3sc3ccccc34)n2)cc1.